The van der Waals surface area contributed by atoms with E-state index in [-0.39, 0.29) is 4.90 Å². The zero-order valence-corrected chi connectivity index (χ0v) is 12.1. The van der Waals surface area contributed by atoms with E-state index >= 15 is 0 Å². The third-order valence-electron chi connectivity index (χ3n) is 2.92. The van der Waals surface area contributed by atoms with Crippen molar-refractivity contribution in [3.8, 4) is 5.75 Å². The monoisotopic (exact) mass is 296 g/mol. The Balaban J connectivity index is 1.83. The van der Waals surface area contributed by atoms with Crippen molar-refractivity contribution in [1.82, 2.24) is 4.72 Å². The SMILES string of the molecule is COc1ccc(S(=O)(=O)NCCC[NH+]2C=CN=C2)cc1. The summed E-state index contributed by atoms with van der Waals surface area (Å²) in [4.78, 5) is 5.33. The molecule has 1 aromatic carbocycles. The average molecular weight is 296 g/mol. The molecule has 1 aliphatic heterocycles. The average Bonchev–Trinajstić information content (AvgIpc) is 2.97. The quantitative estimate of drug-likeness (QED) is 0.682. The molecular weight excluding hydrogens is 278 g/mol. The maximum Gasteiger partial charge on any atom is 0.240 e. The molecule has 0 spiro atoms. The van der Waals surface area contributed by atoms with Gasteiger partial charge in [-0.2, -0.15) is 0 Å². The fourth-order valence-corrected chi connectivity index (χ4v) is 2.88. The van der Waals surface area contributed by atoms with Crippen LogP contribution in [0.25, 0.3) is 0 Å². The number of benzene rings is 1. The highest BCUT2D eigenvalue weighted by molar-refractivity contribution is 7.89. The minimum absolute atomic E-state index is 0.244. The minimum Gasteiger partial charge on any atom is -0.497 e. The van der Waals surface area contributed by atoms with Crippen molar-refractivity contribution in [3.63, 3.8) is 0 Å². The molecule has 2 N–H and O–H groups in total. The zero-order chi connectivity index (χ0) is 14.4. The molecule has 2 rings (SSSR count). The molecule has 108 valence electrons. The highest BCUT2D eigenvalue weighted by Crippen LogP contribution is 2.14. The highest BCUT2D eigenvalue weighted by Gasteiger charge is 2.14. The summed E-state index contributed by atoms with van der Waals surface area (Å²) < 4.78 is 31.6. The normalized spacial score (nSPS) is 17.6. The topological polar surface area (TPSA) is 72.2 Å². The van der Waals surface area contributed by atoms with Gasteiger partial charge < -0.3 is 4.74 Å². The van der Waals surface area contributed by atoms with Crippen LogP contribution >= 0.6 is 0 Å². The lowest BCUT2D eigenvalue weighted by molar-refractivity contribution is -0.736. The van der Waals surface area contributed by atoms with E-state index in [4.69, 9.17) is 4.74 Å². The van der Waals surface area contributed by atoms with Gasteiger partial charge in [0.05, 0.1) is 24.7 Å². The van der Waals surface area contributed by atoms with Gasteiger partial charge >= 0.3 is 0 Å². The van der Waals surface area contributed by atoms with Gasteiger partial charge in [0, 0.05) is 13.0 Å². The molecule has 6 nitrogen and oxygen atoms in total. The number of methoxy groups -OCH3 is 1. The Morgan fingerprint density at radius 3 is 2.65 bits per heavy atom. The second kappa shape index (κ2) is 6.65. The van der Waals surface area contributed by atoms with Crippen LogP contribution in [0.4, 0.5) is 0 Å². The zero-order valence-electron chi connectivity index (χ0n) is 11.2. The summed E-state index contributed by atoms with van der Waals surface area (Å²) in [6, 6.07) is 6.32. The van der Waals surface area contributed by atoms with Crippen LogP contribution in [0.2, 0.25) is 0 Å². The summed E-state index contributed by atoms with van der Waals surface area (Å²) in [7, 11) is -1.91. The fourth-order valence-electron chi connectivity index (χ4n) is 1.81. The van der Waals surface area contributed by atoms with Gasteiger partial charge in [-0.25, -0.2) is 18.1 Å². The second-order valence-corrected chi connectivity index (χ2v) is 6.11. The lowest BCUT2D eigenvalue weighted by Gasteiger charge is -2.08. The van der Waals surface area contributed by atoms with Crippen LogP contribution in [0.1, 0.15) is 6.42 Å². The third-order valence-corrected chi connectivity index (χ3v) is 4.40. The Bertz CT molecular complexity index is 582. The standard InChI is InChI=1S/C13H17N3O3S/c1-19-12-3-5-13(6-4-12)20(17,18)15-7-2-9-16-10-8-14-11-16/h3-6,8,10-11,15H,2,7,9H2,1H3/p+1. The van der Waals surface area contributed by atoms with Gasteiger partial charge in [0.1, 0.15) is 11.9 Å². The number of quaternary nitrogens is 1. The van der Waals surface area contributed by atoms with Crippen molar-refractivity contribution in [1.29, 1.82) is 0 Å². The number of rotatable bonds is 7. The highest BCUT2D eigenvalue weighted by atomic mass is 32.2. The molecule has 0 radical (unpaired) electrons. The van der Waals surface area contributed by atoms with Gasteiger partial charge in [-0.3, -0.25) is 4.90 Å². The van der Waals surface area contributed by atoms with Crippen LogP contribution in [0, 0.1) is 0 Å². The van der Waals surface area contributed by atoms with E-state index in [0.29, 0.717) is 12.3 Å². The summed E-state index contributed by atoms with van der Waals surface area (Å²) >= 11 is 0. The molecule has 0 amide bonds. The van der Waals surface area contributed by atoms with E-state index in [1.807, 2.05) is 6.20 Å². The largest absolute Gasteiger partial charge is 0.497 e. The van der Waals surface area contributed by atoms with Gasteiger partial charge in [-0.15, -0.1) is 0 Å². The van der Waals surface area contributed by atoms with Crippen molar-refractivity contribution in [2.24, 2.45) is 4.99 Å². The Labute approximate surface area is 118 Å². The maximum absolute atomic E-state index is 12.0. The summed E-state index contributed by atoms with van der Waals surface area (Å²) in [5, 5.41) is 0. The number of hydrogen-bond acceptors (Lipinski definition) is 4. The number of nitrogens with zero attached hydrogens (tertiary/aromatic N) is 1. The van der Waals surface area contributed by atoms with E-state index in [1.165, 1.54) is 12.1 Å². The Morgan fingerprint density at radius 2 is 2.05 bits per heavy atom. The van der Waals surface area contributed by atoms with Crippen LogP contribution in [0.3, 0.4) is 0 Å². The first-order valence-corrected chi connectivity index (χ1v) is 7.79. The van der Waals surface area contributed by atoms with Crippen molar-refractivity contribution in [3.05, 3.63) is 36.7 Å². The molecule has 1 aliphatic rings. The van der Waals surface area contributed by atoms with Crippen LogP contribution in [0.5, 0.6) is 5.75 Å². The molecule has 0 fully saturated rings. The predicted molar refractivity (Wildman–Crippen MR) is 76.3 cm³/mol. The van der Waals surface area contributed by atoms with Crippen molar-refractivity contribution >= 4 is 16.4 Å². The molecule has 7 heteroatoms. The number of nitrogens with one attached hydrogen (secondary N) is 2. The number of ether oxygens (including phenoxy) is 1. The third kappa shape index (κ3) is 3.89. The van der Waals surface area contributed by atoms with E-state index in [1.54, 1.807) is 31.8 Å². The Morgan fingerprint density at radius 1 is 1.30 bits per heavy atom. The van der Waals surface area contributed by atoms with Crippen molar-refractivity contribution < 1.29 is 18.1 Å². The smallest absolute Gasteiger partial charge is 0.240 e. The van der Waals surface area contributed by atoms with E-state index < -0.39 is 10.0 Å². The molecule has 0 saturated heterocycles. The molecule has 1 unspecified atom stereocenters. The maximum atomic E-state index is 12.0. The summed E-state index contributed by atoms with van der Waals surface area (Å²) in [6.45, 7) is 1.21. The molecule has 1 atom stereocenters. The van der Waals surface area contributed by atoms with Crippen LogP contribution in [-0.2, 0) is 10.0 Å². The van der Waals surface area contributed by atoms with Crippen molar-refractivity contribution in [2.45, 2.75) is 11.3 Å². The molecule has 1 aromatic rings. The molecule has 0 aliphatic carbocycles. The molecule has 20 heavy (non-hydrogen) atoms. The number of aliphatic imine (C=N–C) groups is 1. The first-order valence-electron chi connectivity index (χ1n) is 6.31. The van der Waals surface area contributed by atoms with E-state index in [2.05, 4.69) is 9.71 Å². The number of sulfonamides is 1. The second-order valence-electron chi connectivity index (χ2n) is 4.35. The van der Waals surface area contributed by atoms with Gasteiger partial charge in [0.25, 0.3) is 0 Å². The first kappa shape index (κ1) is 14.7. The molecule has 0 saturated carbocycles. The fraction of sp³-hybridized carbons (Fsp3) is 0.308. The molecule has 0 aromatic heterocycles. The molecule has 0 bridgehead atoms. The summed E-state index contributed by atoms with van der Waals surface area (Å²) in [5.41, 5.74) is 0. The first-order chi connectivity index (χ1) is 9.62. The minimum atomic E-state index is -3.45. The van der Waals surface area contributed by atoms with Gasteiger partial charge in [0.2, 0.25) is 10.0 Å². The molecular formula is C13H18N3O3S+. The lowest BCUT2D eigenvalue weighted by Crippen LogP contribution is -3.05. The van der Waals surface area contributed by atoms with Gasteiger partial charge in [-0.05, 0) is 24.3 Å². The number of hydrogen-bond donors (Lipinski definition) is 2. The van der Waals surface area contributed by atoms with Gasteiger partial charge in [-0.1, -0.05) is 0 Å². The van der Waals surface area contributed by atoms with Crippen LogP contribution in [-0.4, -0.2) is 35.0 Å². The molecule has 1 heterocycles. The van der Waals surface area contributed by atoms with Crippen LogP contribution in [0.15, 0.2) is 46.6 Å². The summed E-state index contributed by atoms with van der Waals surface area (Å²) in [6.07, 6.45) is 6.19. The van der Waals surface area contributed by atoms with Crippen LogP contribution < -0.4 is 14.4 Å². The van der Waals surface area contributed by atoms with E-state index in [0.717, 1.165) is 17.9 Å². The Kier molecular flexibility index (Phi) is 4.89. The van der Waals surface area contributed by atoms with Crippen molar-refractivity contribution in [2.75, 3.05) is 20.2 Å². The Hall–Kier alpha value is -1.70. The predicted octanol–water partition coefficient (Wildman–Crippen LogP) is -0.238. The lowest BCUT2D eigenvalue weighted by atomic mass is 10.3. The van der Waals surface area contributed by atoms with E-state index in [9.17, 15) is 8.42 Å². The summed E-state index contributed by atoms with van der Waals surface area (Å²) in [5.74, 6) is 0.632. The van der Waals surface area contributed by atoms with Gasteiger partial charge in [0.15, 0.2) is 6.34 Å².